The molecule has 0 spiro atoms. The van der Waals surface area contributed by atoms with Crippen LogP contribution in [0.5, 0.6) is 5.75 Å². The number of hydrogen-bond donors (Lipinski definition) is 2. The zero-order chi connectivity index (χ0) is 19.1. The lowest BCUT2D eigenvalue weighted by Crippen LogP contribution is -2.45. The number of nitrogens with zero attached hydrogens (tertiary/aromatic N) is 2. The third kappa shape index (κ3) is 5.83. The molecule has 154 valence electrons. The Morgan fingerprint density at radius 2 is 2.07 bits per heavy atom. The van der Waals surface area contributed by atoms with Crippen molar-refractivity contribution in [2.45, 2.75) is 44.4 Å². The number of halogens is 1. The number of nitrogens with one attached hydrogen (secondary N) is 2. The van der Waals surface area contributed by atoms with Crippen LogP contribution in [0.25, 0.3) is 0 Å². The number of guanidine groups is 1. The first-order chi connectivity index (χ1) is 13.1. The molecule has 1 saturated carbocycles. The summed E-state index contributed by atoms with van der Waals surface area (Å²) in [5, 5.41) is 10.2. The average molecular weight is 514 g/mol. The molecule has 28 heavy (non-hydrogen) atoms. The van der Waals surface area contributed by atoms with Crippen LogP contribution >= 0.6 is 35.3 Å². The van der Waals surface area contributed by atoms with Crippen LogP contribution in [0.15, 0.2) is 34.6 Å². The van der Waals surface area contributed by atoms with Gasteiger partial charge in [-0.15, -0.1) is 35.3 Å². The summed E-state index contributed by atoms with van der Waals surface area (Å²) >= 11 is 1.70. The Kier molecular flexibility index (Phi) is 9.01. The van der Waals surface area contributed by atoms with E-state index in [0.29, 0.717) is 0 Å². The molecule has 0 radical (unpaired) electrons. The summed E-state index contributed by atoms with van der Waals surface area (Å²) in [5.41, 5.74) is 2.66. The van der Waals surface area contributed by atoms with E-state index in [1.807, 2.05) is 20.0 Å². The first-order valence-corrected chi connectivity index (χ1v) is 10.5. The lowest BCUT2D eigenvalue weighted by molar-refractivity contribution is 0.404. The zero-order valence-electron chi connectivity index (χ0n) is 17.0. The van der Waals surface area contributed by atoms with Crippen LogP contribution in [0.2, 0.25) is 0 Å². The fraction of sp³-hybridized carbons (Fsp3) is 0.524. The highest BCUT2D eigenvalue weighted by atomic mass is 127. The number of aryl methyl sites for hydroxylation is 1. The Labute approximate surface area is 189 Å². The van der Waals surface area contributed by atoms with E-state index in [2.05, 4.69) is 44.2 Å². The average Bonchev–Trinajstić information content (AvgIpc) is 3.34. The highest BCUT2D eigenvalue weighted by Crippen LogP contribution is 2.41. The third-order valence-corrected chi connectivity index (χ3v) is 6.22. The van der Waals surface area contributed by atoms with Crippen LogP contribution in [-0.4, -0.2) is 38.2 Å². The Hall–Kier alpha value is -1.35. The molecule has 0 unspecified atom stereocenters. The first kappa shape index (κ1) is 22.9. The maximum absolute atomic E-state index is 5.44. The number of hydrogen-bond acceptors (Lipinski definition) is 4. The molecule has 0 amide bonds. The number of rotatable bonds is 7. The van der Waals surface area contributed by atoms with Crippen molar-refractivity contribution in [3.63, 3.8) is 0 Å². The minimum Gasteiger partial charge on any atom is -0.497 e. The Bertz CT molecular complexity index is 771. The molecule has 1 aromatic heterocycles. The maximum atomic E-state index is 5.44. The van der Waals surface area contributed by atoms with Gasteiger partial charge in [-0.1, -0.05) is 25.0 Å². The number of aliphatic imine (C=N–C) groups is 1. The highest BCUT2D eigenvalue weighted by molar-refractivity contribution is 14.0. The second-order valence-electron chi connectivity index (χ2n) is 7.18. The minimum absolute atomic E-state index is 0. The summed E-state index contributed by atoms with van der Waals surface area (Å²) in [4.78, 5) is 8.91. The van der Waals surface area contributed by atoms with Gasteiger partial charge < -0.3 is 15.4 Å². The fourth-order valence-corrected chi connectivity index (χ4v) is 4.52. The molecule has 0 saturated heterocycles. The lowest BCUT2D eigenvalue weighted by atomic mass is 9.78. The molecule has 0 atom stereocenters. The third-order valence-electron chi connectivity index (χ3n) is 5.40. The predicted molar refractivity (Wildman–Crippen MR) is 128 cm³/mol. The molecule has 7 heteroatoms. The van der Waals surface area contributed by atoms with Gasteiger partial charge in [0.2, 0.25) is 0 Å². The van der Waals surface area contributed by atoms with Crippen molar-refractivity contribution in [1.29, 1.82) is 0 Å². The SMILES string of the molecule is CN=C(NCCc1csc(C)n1)NCC1(c2cccc(OC)c2)CCCC1.I. The molecule has 2 aromatic rings. The number of ether oxygens (including phenoxy) is 1. The van der Waals surface area contributed by atoms with Crippen LogP contribution in [0.3, 0.4) is 0 Å². The normalized spacial score (nSPS) is 15.8. The molecular formula is C21H31IN4OS. The van der Waals surface area contributed by atoms with E-state index in [-0.39, 0.29) is 29.4 Å². The molecular weight excluding hydrogens is 483 g/mol. The van der Waals surface area contributed by atoms with Crippen molar-refractivity contribution < 1.29 is 4.74 Å². The van der Waals surface area contributed by atoms with Gasteiger partial charge in [0.1, 0.15) is 5.75 Å². The van der Waals surface area contributed by atoms with Gasteiger partial charge in [-0.3, -0.25) is 4.99 Å². The van der Waals surface area contributed by atoms with Gasteiger partial charge in [0.25, 0.3) is 0 Å². The van der Waals surface area contributed by atoms with Gasteiger partial charge in [0.15, 0.2) is 5.96 Å². The minimum atomic E-state index is 0. The molecule has 1 aliphatic rings. The van der Waals surface area contributed by atoms with Crippen LogP contribution in [-0.2, 0) is 11.8 Å². The second-order valence-corrected chi connectivity index (χ2v) is 8.24. The van der Waals surface area contributed by atoms with E-state index in [9.17, 15) is 0 Å². The van der Waals surface area contributed by atoms with Crippen molar-refractivity contribution in [1.82, 2.24) is 15.6 Å². The Morgan fingerprint density at radius 3 is 2.71 bits per heavy atom. The van der Waals surface area contributed by atoms with E-state index < -0.39 is 0 Å². The molecule has 5 nitrogen and oxygen atoms in total. The standard InChI is InChI=1S/C21H30N4OS.HI/c1-16-25-18(14-27-16)9-12-23-20(22-2)24-15-21(10-4-5-11-21)17-7-6-8-19(13-17)26-3;/h6-8,13-14H,4-5,9-12,15H2,1-3H3,(H2,22,23,24);1H. The molecule has 1 aliphatic carbocycles. The van der Waals surface area contributed by atoms with E-state index in [1.54, 1.807) is 18.4 Å². The van der Waals surface area contributed by atoms with Crippen molar-refractivity contribution >= 4 is 41.3 Å². The van der Waals surface area contributed by atoms with Gasteiger partial charge in [-0.05, 0) is 37.5 Å². The van der Waals surface area contributed by atoms with Gasteiger partial charge >= 0.3 is 0 Å². The van der Waals surface area contributed by atoms with E-state index in [4.69, 9.17) is 4.74 Å². The molecule has 2 N–H and O–H groups in total. The van der Waals surface area contributed by atoms with Crippen molar-refractivity contribution in [2.24, 2.45) is 4.99 Å². The van der Waals surface area contributed by atoms with Gasteiger partial charge in [-0.25, -0.2) is 4.98 Å². The molecule has 1 aromatic carbocycles. The topological polar surface area (TPSA) is 58.5 Å². The van der Waals surface area contributed by atoms with Crippen molar-refractivity contribution in [2.75, 3.05) is 27.2 Å². The monoisotopic (exact) mass is 514 g/mol. The van der Waals surface area contributed by atoms with Crippen LogP contribution < -0.4 is 15.4 Å². The highest BCUT2D eigenvalue weighted by Gasteiger charge is 2.36. The number of methoxy groups -OCH3 is 1. The smallest absolute Gasteiger partial charge is 0.191 e. The largest absolute Gasteiger partial charge is 0.497 e. The number of benzene rings is 1. The first-order valence-electron chi connectivity index (χ1n) is 9.65. The Morgan fingerprint density at radius 1 is 1.29 bits per heavy atom. The molecule has 1 fully saturated rings. The second kappa shape index (κ2) is 11.0. The lowest BCUT2D eigenvalue weighted by Gasteiger charge is -2.31. The van der Waals surface area contributed by atoms with Crippen molar-refractivity contribution in [3.05, 3.63) is 45.9 Å². The maximum Gasteiger partial charge on any atom is 0.191 e. The van der Waals surface area contributed by atoms with Gasteiger partial charge in [0.05, 0.1) is 17.8 Å². The van der Waals surface area contributed by atoms with E-state index in [0.717, 1.165) is 41.9 Å². The van der Waals surface area contributed by atoms with Gasteiger partial charge in [0, 0.05) is 37.4 Å². The molecule has 0 aliphatic heterocycles. The number of aromatic nitrogens is 1. The summed E-state index contributed by atoms with van der Waals surface area (Å²) in [7, 11) is 3.56. The zero-order valence-corrected chi connectivity index (χ0v) is 20.1. The molecule has 0 bridgehead atoms. The fourth-order valence-electron chi connectivity index (χ4n) is 3.88. The van der Waals surface area contributed by atoms with Gasteiger partial charge in [-0.2, -0.15) is 0 Å². The van der Waals surface area contributed by atoms with Crippen molar-refractivity contribution in [3.8, 4) is 5.75 Å². The quantitative estimate of drug-likeness (QED) is 0.329. The Balaban J connectivity index is 0.00000280. The van der Waals surface area contributed by atoms with Crippen LogP contribution in [0.4, 0.5) is 0 Å². The number of thiazole rings is 1. The summed E-state index contributed by atoms with van der Waals surface area (Å²) in [5.74, 6) is 1.79. The van der Waals surface area contributed by atoms with E-state index >= 15 is 0 Å². The molecule has 3 rings (SSSR count). The predicted octanol–water partition coefficient (Wildman–Crippen LogP) is 4.30. The summed E-state index contributed by atoms with van der Waals surface area (Å²) in [6, 6.07) is 8.53. The summed E-state index contributed by atoms with van der Waals surface area (Å²) in [6.45, 7) is 3.76. The molecule has 1 heterocycles. The van der Waals surface area contributed by atoms with Crippen LogP contribution in [0, 0.1) is 6.92 Å². The van der Waals surface area contributed by atoms with E-state index in [1.165, 1.54) is 31.2 Å². The van der Waals surface area contributed by atoms with Crippen LogP contribution in [0.1, 0.15) is 41.9 Å². The summed E-state index contributed by atoms with van der Waals surface area (Å²) in [6.07, 6.45) is 5.85. The summed E-state index contributed by atoms with van der Waals surface area (Å²) < 4.78 is 5.44.